The lowest BCUT2D eigenvalue weighted by Gasteiger charge is -2.32. The van der Waals surface area contributed by atoms with Gasteiger partial charge in [-0.05, 0) is 36.8 Å². The van der Waals surface area contributed by atoms with E-state index in [0.717, 1.165) is 23.7 Å². The maximum absolute atomic E-state index is 11.3. The molecule has 1 heterocycles. The van der Waals surface area contributed by atoms with Gasteiger partial charge in [-0.2, -0.15) is 0 Å². The van der Waals surface area contributed by atoms with Crippen molar-refractivity contribution in [3.8, 4) is 0 Å². The molecule has 0 aromatic heterocycles. The molecular formula is C15H19ClN2O2. The molecule has 2 atom stereocenters. The molecule has 3 rings (SSSR count). The Morgan fingerprint density at radius 1 is 1.30 bits per heavy atom. The number of fused-ring (bicyclic) bond motifs is 1. The van der Waals surface area contributed by atoms with Gasteiger partial charge in [0, 0.05) is 24.5 Å². The minimum atomic E-state index is -0.276. The molecule has 1 aliphatic carbocycles. The van der Waals surface area contributed by atoms with Crippen molar-refractivity contribution in [2.24, 2.45) is 5.92 Å². The van der Waals surface area contributed by atoms with E-state index in [2.05, 4.69) is 4.90 Å². The summed E-state index contributed by atoms with van der Waals surface area (Å²) in [5.74, 6) is 1.03. The molecule has 5 heteroatoms. The largest absolute Gasteiger partial charge is 0.363 e. The van der Waals surface area contributed by atoms with Crippen molar-refractivity contribution in [1.82, 2.24) is 0 Å². The van der Waals surface area contributed by atoms with Crippen LogP contribution in [0, 0.1) is 16.0 Å². The smallest absolute Gasteiger partial charge is 0.292 e. The monoisotopic (exact) mass is 294 g/mol. The topological polar surface area (TPSA) is 46.4 Å². The number of nitro benzene ring substituents is 1. The zero-order chi connectivity index (χ0) is 14.1. The summed E-state index contributed by atoms with van der Waals surface area (Å²) in [5, 5.41) is 11.3. The highest BCUT2D eigenvalue weighted by Crippen LogP contribution is 2.42. The van der Waals surface area contributed by atoms with Crippen LogP contribution in [0.15, 0.2) is 18.2 Å². The molecule has 1 saturated carbocycles. The molecule has 2 fully saturated rings. The van der Waals surface area contributed by atoms with Crippen LogP contribution in [0.5, 0.6) is 0 Å². The number of nitro groups is 1. The van der Waals surface area contributed by atoms with Gasteiger partial charge < -0.3 is 4.90 Å². The number of hydrogen-bond acceptors (Lipinski definition) is 3. The van der Waals surface area contributed by atoms with E-state index in [1.165, 1.54) is 32.1 Å². The van der Waals surface area contributed by atoms with Crippen molar-refractivity contribution >= 4 is 23.0 Å². The molecular weight excluding hydrogens is 276 g/mol. The minimum Gasteiger partial charge on any atom is -0.363 e. The van der Waals surface area contributed by atoms with Crippen LogP contribution in [0.1, 0.15) is 37.7 Å². The Balaban J connectivity index is 1.95. The molecule has 2 aliphatic rings. The zero-order valence-electron chi connectivity index (χ0n) is 11.4. The van der Waals surface area contributed by atoms with Crippen LogP contribution in [0.25, 0.3) is 0 Å². The molecule has 1 saturated heterocycles. The van der Waals surface area contributed by atoms with Crippen molar-refractivity contribution in [2.45, 2.75) is 44.0 Å². The van der Waals surface area contributed by atoms with Crippen LogP contribution in [0.3, 0.4) is 0 Å². The number of benzene rings is 1. The van der Waals surface area contributed by atoms with Gasteiger partial charge in [0.2, 0.25) is 0 Å². The maximum Gasteiger partial charge on any atom is 0.292 e. The molecule has 0 N–H and O–H groups in total. The lowest BCUT2D eigenvalue weighted by atomic mass is 9.85. The highest BCUT2D eigenvalue weighted by molar-refractivity contribution is 6.17. The van der Waals surface area contributed by atoms with Gasteiger partial charge in [-0.1, -0.05) is 18.9 Å². The average molecular weight is 295 g/mol. The Morgan fingerprint density at radius 3 is 2.85 bits per heavy atom. The first-order valence-electron chi connectivity index (χ1n) is 7.30. The van der Waals surface area contributed by atoms with Crippen LogP contribution >= 0.6 is 11.6 Å². The van der Waals surface area contributed by atoms with Crippen LogP contribution in [0.4, 0.5) is 11.4 Å². The van der Waals surface area contributed by atoms with Crippen molar-refractivity contribution in [2.75, 3.05) is 11.4 Å². The van der Waals surface area contributed by atoms with E-state index < -0.39 is 0 Å². The molecule has 0 bridgehead atoms. The van der Waals surface area contributed by atoms with E-state index in [4.69, 9.17) is 11.6 Å². The lowest BCUT2D eigenvalue weighted by Crippen LogP contribution is -2.35. The predicted octanol–water partition coefficient (Wildman–Crippen LogP) is 4.10. The number of rotatable bonds is 3. The van der Waals surface area contributed by atoms with Crippen molar-refractivity contribution in [3.63, 3.8) is 0 Å². The Morgan fingerprint density at radius 2 is 2.10 bits per heavy atom. The molecule has 4 nitrogen and oxygen atoms in total. The fourth-order valence-electron chi connectivity index (χ4n) is 3.75. The fraction of sp³-hybridized carbons (Fsp3) is 0.600. The summed E-state index contributed by atoms with van der Waals surface area (Å²) in [6.45, 7) is 0.941. The third-order valence-corrected chi connectivity index (χ3v) is 5.02. The van der Waals surface area contributed by atoms with E-state index in [9.17, 15) is 10.1 Å². The van der Waals surface area contributed by atoms with Gasteiger partial charge in [0.05, 0.1) is 4.92 Å². The van der Waals surface area contributed by atoms with Gasteiger partial charge in [-0.15, -0.1) is 11.6 Å². The van der Waals surface area contributed by atoms with Gasteiger partial charge >= 0.3 is 0 Å². The number of nitrogens with zero attached hydrogens (tertiary/aromatic N) is 2. The molecule has 2 unspecified atom stereocenters. The van der Waals surface area contributed by atoms with Crippen LogP contribution in [-0.4, -0.2) is 17.5 Å². The normalized spacial score (nSPS) is 25.6. The molecule has 0 amide bonds. The van der Waals surface area contributed by atoms with Gasteiger partial charge in [0.15, 0.2) is 0 Å². The van der Waals surface area contributed by atoms with E-state index in [0.29, 0.717) is 11.9 Å². The van der Waals surface area contributed by atoms with Gasteiger partial charge in [-0.3, -0.25) is 10.1 Å². The first kappa shape index (κ1) is 13.7. The molecule has 0 spiro atoms. The van der Waals surface area contributed by atoms with E-state index >= 15 is 0 Å². The number of alkyl halides is 1. The molecule has 108 valence electrons. The number of anilines is 1. The van der Waals surface area contributed by atoms with Crippen molar-refractivity contribution < 1.29 is 4.92 Å². The van der Waals surface area contributed by atoms with Gasteiger partial charge in [-0.25, -0.2) is 0 Å². The lowest BCUT2D eigenvalue weighted by molar-refractivity contribution is -0.384. The third kappa shape index (κ3) is 2.37. The first-order valence-corrected chi connectivity index (χ1v) is 7.84. The van der Waals surface area contributed by atoms with E-state index in [1.807, 2.05) is 12.1 Å². The predicted molar refractivity (Wildman–Crippen MR) is 80.4 cm³/mol. The summed E-state index contributed by atoms with van der Waals surface area (Å²) < 4.78 is 0. The molecule has 1 aromatic rings. The fourth-order valence-corrected chi connectivity index (χ4v) is 3.91. The van der Waals surface area contributed by atoms with Gasteiger partial charge in [0.25, 0.3) is 5.69 Å². The molecule has 1 aromatic carbocycles. The van der Waals surface area contributed by atoms with Crippen molar-refractivity contribution in [1.29, 1.82) is 0 Å². The Labute approximate surface area is 123 Å². The summed E-state index contributed by atoms with van der Waals surface area (Å²) in [6.07, 6.45) is 6.15. The van der Waals surface area contributed by atoms with Crippen LogP contribution in [0.2, 0.25) is 0 Å². The third-order valence-electron chi connectivity index (χ3n) is 4.71. The summed E-state index contributed by atoms with van der Waals surface area (Å²) in [6, 6.07) is 5.90. The molecule has 20 heavy (non-hydrogen) atoms. The zero-order valence-corrected chi connectivity index (χ0v) is 12.2. The molecule has 0 radical (unpaired) electrons. The SMILES string of the molecule is O=[N+]([O-])c1cc(CCl)ccc1N1CCC2CCCCC21. The quantitative estimate of drug-likeness (QED) is 0.479. The molecule has 1 aliphatic heterocycles. The summed E-state index contributed by atoms with van der Waals surface area (Å²) >= 11 is 5.79. The summed E-state index contributed by atoms with van der Waals surface area (Å²) in [7, 11) is 0. The Bertz CT molecular complexity index is 521. The highest BCUT2D eigenvalue weighted by Gasteiger charge is 2.38. The first-order chi connectivity index (χ1) is 9.70. The maximum atomic E-state index is 11.3. The Hall–Kier alpha value is -1.29. The summed E-state index contributed by atoms with van der Waals surface area (Å²) in [4.78, 5) is 13.3. The van der Waals surface area contributed by atoms with Gasteiger partial charge in [0.1, 0.15) is 5.69 Å². The van der Waals surface area contributed by atoms with Crippen molar-refractivity contribution in [3.05, 3.63) is 33.9 Å². The number of hydrogen-bond donors (Lipinski definition) is 0. The second kappa shape index (κ2) is 5.60. The van der Waals surface area contributed by atoms with E-state index in [1.54, 1.807) is 6.07 Å². The van der Waals surface area contributed by atoms with Crippen LogP contribution < -0.4 is 4.90 Å². The second-order valence-corrected chi connectivity index (χ2v) is 6.08. The minimum absolute atomic E-state index is 0.203. The standard InChI is InChI=1S/C15H19ClN2O2/c16-10-11-5-6-14(15(9-11)18(19)20)17-8-7-12-3-1-2-4-13(12)17/h5-6,9,12-13H,1-4,7-8,10H2. The average Bonchev–Trinajstić information content (AvgIpc) is 2.90. The van der Waals surface area contributed by atoms with E-state index in [-0.39, 0.29) is 10.6 Å². The number of halogens is 1. The second-order valence-electron chi connectivity index (χ2n) is 5.81. The van der Waals surface area contributed by atoms with Crippen LogP contribution in [-0.2, 0) is 5.88 Å². The highest BCUT2D eigenvalue weighted by atomic mass is 35.5. The Kier molecular flexibility index (Phi) is 3.83. The summed E-state index contributed by atoms with van der Waals surface area (Å²) in [5.41, 5.74) is 1.79.